The first-order valence-corrected chi connectivity index (χ1v) is 30.9. The average molecular weight is 1350 g/mol. The summed E-state index contributed by atoms with van der Waals surface area (Å²) in [6.45, 7) is 18.0. The van der Waals surface area contributed by atoms with Gasteiger partial charge in [0, 0.05) is 79.8 Å². The third-order valence-corrected chi connectivity index (χ3v) is 15.2. The number of esters is 1. The molecular formula is C65H94Li2N10O20. The van der Waals surface area contributed by atoms with Gasteiger partial charge in [0.15, 0.2) is 23.0 Å². The van der Waals surface area contributed by atoms with Gasteiger partial charge in [0.1, 0.15) is 29.2 Å². The Hall–Kier alpha value is -8.49. The second-order valence-electron chi connectivity index (χ2n) is 23.6. The number of hydrogen-bond acceptors (Lipinski definition) is 22. The summed E-state index contributed by atoms with van der Waals surface area (Å²) < 4.78 is 10.9. The van der Waals surface area contributed by atoms with Gasteiger partial charge in [0.25, 0.3) is 11.5 Å². The number of pyridine rings is 1. The number of nitrogens with zero attached hydrogens (tertiary/aromatic N) is 4. The summed E-state index contributed by atoms with van der Waals surface area (Å²) in [5.74, 6) is -3.11. The maximum atomic E-state index is 12.3. The van der Waals surface area contributed by atoms with E-state index < -0.39 is 83.8 Å². The van der Waals surface area contributed by atoms with E-state index in [1.807, 2.05) is 13.8 Å². The minimum atomic E-state index is -1.83. The first-order chi connectivity index (χ1) is 44.6. The molecule has 0 saturated carbocycles. The number of cyclic esters (lactones) is 1. The van der Waals surface area contributed by atoms with E-state index in [-0.39, 0.29) is 91.8 Å². The molecule has 30 nitrogen and oxygen atoms in total. The van der Waals surface area contributed by atoms with Crippen LogP contribution in [0.5, 0.6) is 11.5 Å². The Kier molecular flexibility index (Phi) is 41.2. The molecule has 526 valence electrons. The van der Waals surface area contributed by atoms with Crippen LogP contribution in [0.4, 0.5) is 16.4 Å². The van der Waals surface area contributed by atoms with E-state index in [9.17, 15) is 38.7 Å². The number of rotatable bonds is 27. The maximum absolute atomic E-state index is 12.3. The summed E-state index contributed by atoms with van der Waals surface area (Å²) in [6.07, 6.45) is 14.1. The van der Waals surface area contributed by atoms with Crippen molar-refractivity contribution in [3.05, 3.63) is 116 Å². The van der Waals surface area contributed by atoms with E-state index >= 15 is 0 Å². The van der Waals surface area contributed by atoms with Crippen LogP contribution in [0, 0.1) is 38.5 Å². The zero-order chi connectivity index (χ0) is 71.7. The number of phenolic OH excluding ortho intramolecular Hbond substituents is 1. The van der Waals surface area contributed by atoms with Gasteiger partial charge in [-0.1, -0.05) is 72.6 Å². The molecule has 0 bridgehead atoms. The van der Waals surface area contributed by atoms with Crippen LogP contribution in [0.2, 0.25) is 0 Å². The number of benzene rings is 2. The van der Waals surface area contributed by atoms with Crippen LogP contribution in [0.15, 0.2) is 71.3 Å². The maximum Gasteiger partial charge on any atom is 0.503 e. The number of aromatic hydroxyl groups is 1. The summed E-state index contributed by atoms with van der Waals surface area (Å²) in [7, 11) is 0. The molecule has 32 heteroatoms. The number of hydrogen-bond donors (Lipinski definition) is 16. The fourth-order valence-electron chi connectivity index (χ4n) is 9.61. The van der Waals surface area contributed by atoms with Crippen LogP contribution < -0.4 is 38.1 Å². The Bertz CT molecular complexity index is 3410. The van der Waals surface area contributed by atoms with E-state index in [4.69, 9.17) is 72.7 Å². The Morgan fingerprint density at radius 3 is 1.85 bits per heavy atom. The molecule has 19 N–H and O–H groups in total. The number of fused-ring (bicyclic) bond motifs is 2. The van der Waals surface area contributed by atoms with E-state index in [0.29, 0.717) is 35.7 Å². The number of carbonyl (C=O) groups excluding carboxylic acids is 3. The van der Waals surface area contributed by atoms with Crippen molar-refractivity contribution in [2.45, 2.75) is 182 Å². The number of aromatic nitrogens is 5. The number of primary amides is 1. The standard InChI is InChI=1S/C29H50O2.C19H19N7O6.C6H6N2O.C6H8O6.C4H9NO2.CH2O3.2Li/c1-20(2)12-9-13-21(3)14-10-15-22(4)16-11-18-29(8)19-17-26-25(7)27(30)23(5)24(6)28(26)31-29;20-19-25-15-14(17(30)26-19)23-11(8-22-15)7-21-10-3-1-9(2-4-10)16(29)24-12(18(31)32)5-6-13(27)28;7-6(9)5-2-1-3-8-4-5;7-1-2(8)5-3(9)4(10)6(11)12-5;5-3-1-2-4(6)7;2-1(3)4;;/h20-22,30H,9-19H2,1-8H3;1-4,8,12,21H,5-7H2,(H,24,29)(H,27,28)(H,31,32)(H3,20,22,25,26,30);1-4H,(H2,7,9);2,5,7-10H,1H2;1-3,5H2,(H,6,7);(H2,2,3,4);;/t21-,22-,29-;12-;;2-,5+;;;;/m10.0..../s1. The zero-order valence-electron chi connectivity index (χ0n) is 57.0. The minimum Gasteiger partial charge on any atom is -0.507 e. The number of anilines is 2. The topological polar surface area (TPSA) is 527 Å². The molecule has 2 radical (unpaired) electrons. The number of carboxylic acid groups (broad SMARTS) is 5. The number of nitrogens with one attached hydrogen (secondary N) is 3. The second-order valence-corrected chi connectivity index (χ2v) is 23.6. The molecule has 5 heterocycles. The van der Waals surface area contributed by atoms with Gasteiger partial charge < -0.3 is 88.4 Å². The van der Waals surface area contributed by atoms with Gasteiger partial charge in [-0.3, -0.25) is 33.9 Å². The van der Waals surface area contributed by atoms with E-state index in [2.05, 4.69) is 81.8 Å². The Morgan fingerprint density at radius 1 is 0.773 bits per heavy atom. The van der Waals surface area contributed by atoms with E-state index in [1.54, 1.807) is 30.5 Å². The van der Waals surface area contributed by atoms with Crippen LogP contribution in [0.25, 0.3) is 11.2 Å². The predicted octanol–water partition coefficient (Wildman–Crippen LogP) is 6.84. The van der Waals surface area contributed by atoms with Gasteiger partial charge in [-0.25, -0.2) is 24.4 Å². The molecule has 0 spiro atoms. The van der Waals surface area contributed by atoms with Crippen molar-refractivity contribution in [2.24, 2.45) is 29.2 Å². The zero-order valence-corrected chi connectivity index (χ0v) is 57.0. The number of aromatic amines is 1. The number of aliphatic hydroxyl groups is 4. The minimum absolute atomic E-state index is 0. The molecule has 0 fully saturated rings. The molecule has 0 unspecified atom stereocenters. The molecule has 7 rings (SSSR count). The number of ether oxygens (including phenoxy) is 2. The van der Waals surface area contributed by atoms with Crippen LogP contribution in [-0.4, -0.2) is 193 Å². The number of nitrogens with two attached hydrogens (primary N) is 3. The monoisotopic (exact) mass is 1350 g/mol. The van der Waals surface area contributed by atoms with Crippen LogP contribution >= 0.6 is 0 Å². The first-order valence-electron chi connectivity index (χ1n) is 30.9. The van der Waals surface area contributed by atoms with Gasteiger partial charge >= 0.3 is 30.0 Å². The summed E-state index contributed by atoms with van der Waals surface area (Å²) in [5.41, 5.74) is 21.1. The van der Waals surface area contributed by atoms with Crippen molar-refractivity contribution in [1.82, 2.24) is 30.2 Å². The summed E-state index contributed by atoms with van der Waals surface area (Å²) in [6, 6.07) is 8.15. The average Bonchev–Trinajstić information content (AvgIpc) is 0.979. The molecular weight excluding hydrogens is 1250 g/mol. The van der Waals surface area contributed by atoms with Gasteiger partial charge in [-0.05, 0) is 144 Å². The number of phenols is 1. The fraction of sp³-hybridized carbons (Fsp3) is 0.508. The third kappa shape index (κ3) is 32.4. The largest absolute Gasteiger partial charge is 0.507 e. The third-order valence-electron chi connectivity index (χ3n) is 15.2. The van der Waals surface area contributed by atoms with Crippen molar-refractivity contribution >= 4 is 102 Å². The summed E-state index contributed by atoms with van der Waals surface area (Å²) >= 11 is 0. The molecule has 0 aliphatic carbocycles. The second kappa shape index (κ2) is 45.1. The molecule has 6 atom stereocenters. The van der Waals surface area contributed by atoms with Gasteiger partial charge in [0.05, 0.1) is 30.6 Å². The molecule has 2 amide bonds. The number of carbonyl (C=O) groups is 7. The van der Waals surface area contributed by atoms with Crippen LogP contribution in [0.1, 0.15) is 173 Å². The molecule has 5 aromatic rings. The quantitative estimate of drug-likeness (QED) is 0.0189. The number of amides is 2. The first kappa shape index (κ1) is 88.5. The number of carboxylic acids is 3. The summed E-state index contributed by atoms with van der Waals surface area (Å²) in [4.78, 5) is 103. The van der Waals surface area contributed by atoms with E-state index in [0.717, 1.165) is 59.5 Å². The van der Waals surface area contributed by atoms with Crippen molar-refractivity contribution < 1.29 is 94.1 Å². The van der Waals surface area contributed by atoms with Crippen LogP contribution in [-0.2, 0) is 36.9 Å². The van der Waals surface area contributed by atoms with Crippen molar-refractivity contribution in [2.75, 3.05) is 24.2 Å². The van der Waals surface area contributed by atoms with Crippen molar-refractivity contribution in [3.63, 3.8) is 0 Å². The Morgan fingerprint density at radius 2 is 1.36 bits per heavy atom. The molecule has 3 aromatic heterocycles. The van der Waals surface area contributed by atoms with E-state index in [1.165, 1.54) is 81.5 Å². The number of nitrogen functional groups attached to an aromatic ring is 1. The van der Waals surface area contributed by atoms with Gasteiger partial charge in [0.2, 0.25) is 17.6 Å². The van der Waals surface area contributed by atoms with Gasteiger partial charge in [-0.2, -0.15) is 4.98 Å². The molecule has 2 aliphatic rings. The Labute approximate surface area is 586 Å². The van der Waals surface area contributed by atoms with Crippen LogP contribution in [0.3, 0.4) is 0 Å². The predicted molar refractivity (Wildman–Crippen MR) is 362 cm³/mol. The SMILES string of the molecule is Cc1c(C)c2c(c(C)c1O)CC[C@@](C)(CCC[C@H](C)CCC[C@H](C)CCCC(C)C)O2.NC(=O)c1cccnc1.NCCCC(=O)O.Nc1nc2ncc(CNc3ccc(C(=O)N[C@@H](CCC(=O)O)C(=O)O)cc3)nc2c(=O)[nH]1.O=C(O)O.O=C1O[C@H]([C@@H](O)CO)C(O)=C1O.[Li].[Li]. The molecule has 2 aromatic carbocycles. The number of aliphatic carboxylic acids is 3. The number of H-pyrrole nitrogens is 1. The van der Waals surface area contributed by atoms with Crippen molar-refractivity contribution in [1.29, 1.82) is 0 Å². The summed E-state index contributed by atoms with van der Waals surface area (Å²) in [5, 5.41) is 90.6. The molecule has 0 saturated heterocycles. The molecule has 2 aliphatic heterocycles. The van der Waals surface area contributed by atoms with Gasteiger partial charge in [-0.15, -0.1) is 0 Å². The van der Waals surface area contributed by atoms with Crippen molar-refractivity contribution in [3.8, 4) is 11.5 Å². The smallest absolute Gasteiger partial charge is 0.503 e. The fourth-order valence-corrected chi connectivity index (χ4v) is 9.61. The molecule has 97 heavy (non-hydrogen) atoms. The Balaban J connectivity index is 0.00000130. The number of aliphatic hydroxyl groups excluding tert-OH is 4. The normalized spacial score (nSPS) is 15.3.